The molecule has 0 radical (unpaired) electrons. The number of terminal acetylenes is 1. The Morgan fingerprint density at radius 2 is 2.35 bits per heavy atom. The summed E-state index contributed by atoms with van der Waals surface area (Å²) in [5.74, 6) is 2.75. The SMILES string of the molecule is C#CC(CCC)NC(CN)c1cncc(Br)c1. The van der Waals surface area contributed by atoms with Crippen LogP contribution >= 0.6 is 15.9 Å². The van der Waals surface area contributed by atoms with E-state index in [9.17, 15) is 0 Å². The van der Waals surface area contributed by atoms with Crippen LogP contribution < -0.4 is 11.1 Å². The second-order valence-corrected chi connectivity index (χ2v) is 4.82. The minimum Gasteiger partial charge on any atom is -0.329 e. The van der Waals surface area contributed by atoms with Gasteiger partial charge in [-0.15, -0.1) is 6.42 Å². The predicted octanol–water partition coefficient (Wildman–Crippen LogP) is 2.24. The average molecular weight is 296 g/mol. The molecule has 2 atom stereocenters. The Balaban J connectivity index is 2.75. The molecule has 1 aromatic rings. The van der Waals surface area contributed by atoms with E-state index < -0.39 is 0 Å². The molecule has 0 aromatic carbocycles. The largest absolute Gasteiger partial charge is 0.329 e. The molecule has 0 spiro atoms. The van der Waals surface area contributed by atoms with Crippen LogP contribution in [0.1, 0.15) is 31.4 Å². The van der Waals surface area contributed by atoms with Crippen LogP contribution in [0, 0.1) is 12.3 Å². The molecule has 4 heteroatoms. The number of nitrogens with one attached hydrogen (secondary N) is 1. The number of rotatable bonds is 6. The van der Waals surface area contributed by atoms with Crippen LogP contribution in [0.4, 0.5) is 0 Å². The van der Waals surface area contributed by atoms with Gasteiger partial charge in [0, 0.05) is 29.5 Å². The van der Waals surface area contributed by atoms with E-state index in [1.807, 2.05) is 12.3 Å². The highest BCUT2D eigenvalue weighted by atomic mass is 79.9. The van der Waals surface area contributed by atoms with Crippen molar-refractivity contribution in [2.45, 2.75) is 31.8 Å². The molecule has 0 saturated heterocycles. The number of hydrogen-bond acceptors (Lipinski definition) is 3. The topological polar surface area (TPSA) is 50.9 Å². The first-order valence-electron chi connectivity index (χ1n) is 5.74. The van der Waals surface area contributed by atoms with E-state index in [0.29, 0.717) is 6.54 Å². The maximum atomic E-state index is 5.78. The molecule has 1 heterocycles. The molecule has 0 bridgehead atoms. The number of hydrogen-bond donors (Lipinski definition) is 2. The first kappa shape index (κ1) is 14.2. The van der Waals surface area contributed by atoms with Gasteiger partial charge in [0.15, 0.2) is 0 Å². The average Bonchev–Trinajstić information content (AvgIpc) is 2.34. The summed E-state index contributed by atoms with van der Waals surface area (Å²) in [6, 6.07) is 2.12. The third-order valence-electron chi connectivity index (χ3n) is 2.55. The molecule has 0 aliphatic carbocycles. The molecular formula is C13H18BrN3. The Morgan fingerprint density at radius 1 is 1.59 bits per heavy atom. The van der Waals surface area contributed by atoms with Crippen molar-refractivity contribution in [3.05, 3.63) is 28.5 Å². The van der Waals surface area contributed by atoms with Gasteiger partial charge < -0.3 is 5.73 Å². The Bertz CT molecular complexity index is 386. The molecule has 0 saturated carbocycles. The van der Waals surface area contributed by atoms with Crippen molar-refractivity contribution in [3.8, 4) is 12.3 Å². The van der Waals surface area contributed by atoms with Crippen molar-refractivity contribution < 1.29 is 0 Å². The fraction of sp³-hybridized carbons (Fsp3) is 0.462. The zero-order valence-electron chi connectivity index (χ0n) is 9.99. The summed E-state index contributed by atoms with van der Waals surface area (Å²) >= 11 is 3.40. The normalized spacial score (nSPS) is 14.0. The summed E-state index contributed by atoms with van der Waals surface area (Å²) in [6.45, 7) is 2.62. The maximum absolute atomic E-state index is 5.78. The van der Waals surface area contributed by atoms with Gasteiger partial charge >= 0.3 is 0 Å². The first-order chi connectivity index (χ1) is 8.21. The highest BCUT2D eigenvalue weighted by Gasteiger charge is 2.14. The lowest BCUT2D eigenvalue weighted by molar-refractivity contribution is 0.474. The molecule has 92 valence electrons. The summed E-state index contributed by atoms with van der Waals surface area (Å²) in [5.41, 5.74) is 6.83. The molecule has 3 nitrogen and oxygen atoms in total. The molecule has 1 aromatic heterocycles. The monoisotopic (exact) mass is 295 g/mol. The van der Waals surface area contributed by atoms with E-state index in [4.69, 9.17) is 12.2 Å². The van der Waals surface area contributed by atoms with Crippen molar-refractivity contribution in [1.29, 1.82) is 0 Å². The van der Waals surface area contributed by atoms with E-state index in [2.05, 4.69) is 39.1 Å². The van der Waals surface area contributed by atoms with Gasteiger partial charge in [-0.3, -0.25) is 10.3 Å². The summed E-state index contributed by atoms with van der Waals surface area (Å²) in [7, 11) is 0. The van der Waals surface area contributed by atoms with Crippen LogP contribution in [0.25, 0.3) is 0 Å². The third kappa shape index (κ3) is 4.47. The van der Waals surface area contributed by atoms with E-state index in [1.54, 1.807) is 6.20 Å². The predicted molar refractivity (Wildman–Crippen MR) is 74.4 cm³/mol. The summed E-state index contributed by atoms with van der Waals surface area (Å²) in [4.78, 5) is 4.14. The molecule has 17 heavy (non-hydrogen) atoms. The number of aromatic nitrogens is 1. The Morgan fingerprint density at radius 3 is 2.88 bits per heavy atom. The van der Waals surface area contributed by atoms with Gasteiger partial charge in [-0.25, -0.2) is 0 Å². The number of halogens is 1. The van der Waals surface area contributed by atoms with Gasteiger partial charge in [-0.2, -0.15) is 0 Å². The lowest BCUT2D eigenvalue weighted by Crippen LogP contribution is -2.35. The minimum atomic E-state index is 0.0487. The van der Waals surface area contributed by atoms with Crippen molar-refractivity contribution in [2.24, 2.45) is 5.73 Å². The van der Waals surface area contributed by atoms with Gasteiger partial charge in [0.25, 0.3) is 0 Å². The Kier molecular flexibility index (Phi) is 6.20. The summed E-state index contributed by atoms with van der Waals surface area (Å²) in [5, 5.41) is 3.38. The molecule has 0 aliphatic rings. The third-order valence-corrected chi connectivity index (χ3v) is 2.98. The van der Waals surface area contributed by atoms with Crippen LogP contribution in [0.15, 0.2) is 22.9 Å². The van der Waals surface area contributed by atoms with E-state index in [0.717, 1.165) is 22.9 Å². The lowest BCUT2D eigenvalue weighted by Gasteiger charge is -2.21. The fourth-order valence-electron chi connectivity index (χ4n) is 1.67. The molecular weight excluding hydrogens is 278 g/mol. The van der Waals surface area contributed by atoms with Gasteiger partial charge in [0.1, 0.15) is 0 Å². The summed E-state index contributed by atoms with van der Waals surface area (Å²) < 4.78 is 0.947. The number of nitrogens with two attached hydrogens (primary N) is 1. The van der Waals surface area contributed by atoms with Crippen molar-refractivity contribution in [3.63, 3.8) is 0 Å². The second kappa shape index (κ2) is 7.44. The molecule has 0 aliphatic heterocycles. The van der Waals surface area contributed by atoms with Crippen LogP contribution in [0.3, 0.4) is 0 Å². The quantitative estimate of drug-likeness (QED) is 0.792. The van der Waals surface area contributed by atoms with Gasteiger partial charge in [0.2, 0.25) is 0 Å². The highest BCUT2D eigenvalue weighted by Crippen LogP contribution is 2.17. The fourth-order valence-corrected chi connectivity index (χ4v) is 2.05. The molecule has 3 N–H and O–H groups in total. The van der Waals surface area contributed by atoms with Crippen LogP contribution in [0.5, 0.6) is 0 Å². The number of pyridine rings is 1. The molecule has 2 unspecified atom stereocenters. The van der Waals surface area contributed by atoms with Crippen LogP contribution in [0.2, 0.25) is 0 Å². The van der Waals surface area contributed by atoms with E-state index in [1.165, 1.54) is 0 Å². The van der Waals surface area contributed by atoms with Crippen LogP contribution in [-0.2, 0) is 0 Å². The van der Waals surface area contributed by atoms with Gasteiger partial charge in [-0.05, 0) is 34.0 Å². The second-order valence-electron chi connectivity index (χ2n) is 3.90. The molecule has 0 amide bonds. The van der Waals surface area contributed by atoms with Gasteiger partial charge in [0.05, 0.1) is 6.04 Å². The minimum absolute atomic E-state index is 0.0487. The van der Waals surface area contributed by atoms with Crippen molar-refractivity contribution in [2.75, 3.05) is 6.54 Å². The standard InChI is InChI=1S/C13H18BrN3/c1-3-5-12(4-2)17-13(7-15)10-6-11(14)9-16-8-10/h2,6,8-9,12-13,17H,3,5,7,15H2,1H3. The van der Waals surface area contributed by atoms with Crippen molar-refractivity contribution >= 4 is 15.9 Å². The highest BCUT2D eigenvalue weighted by molar-refractivity contribution is 9.10. The van der Waals surface area contributed by atoms with E-state index >= 15 is 0 Å². The van der Waals surface area contributed by atoms with Crippen molar-refractivity contribution in [1.82, 2.24) is 10.3 Å². The maximum Gasteiger partial charge on any atom is 0.0692 e. The summed E-state index contributed by atoms with van der Waals surface area (Å²) in [6.07, 6.45) is 11.1. The number of nitrogens with zero attached hydrogens (tertiary/aromatic N) is 1. The Hall–Kier alpha value is -0.890. The zero-order valence-corrected chi connectivity index (χ0v) is 11.6. The first-order valence-corrected chi connectivity index (χ1v) is 6.53. The van der Waals surface area contributed by atoms with Gasteiger partial charge in [-0.1, -0.05) is 19.3 Å². The molecule has 1 rings (SSSR count). The lowest BCUT2D eigenvalue weighted by atomic mass is 10.1. The smallest absolute Gasteiger partial charge is 0.0692 e. The molecule has 0 fully saturated rings. The zero-order chi connectivity index (χ0) is 12.7. The van der Waals surface area contributed by atoms with E-state index in [-0.39, 0.29) is 12.1 Å². The Labute approximate surface area is 111 Å². The van der Waals surface area contributed by atoms with Crippen LogP contribution in [-0.4, -0.2) is 17.6 Å².